The molecule has 0 unspecified atom stereocenters. The molecule has 0 radical (unpaired) electrons. The van der Waals surface area contributed by atoms with Gasteiger partial charge in [-0.1, -0.05) is 35.0 Å². The molecule has 0 aliphatic heterocycles. The second-order valence-corrected chi connectivity index (χ2v) is 8.71. The van der Waals surface area contributed by atoms with Crippen molar-refractivity contribution in [2.45, 2.75) is 25.2 Å². The number of rotatable bonds is 8. The number of benzene rings is 1. The summed E-state index contributed by atoms with van der Waals surface area (Å²) in [4.78, 5) is 0. The van der Waals surface area contributed by atoms with Crippen LogP contribution in [0.3, 0.4) is 0 Å². The molecule has 0 N–H and O–H groups in total. The van der Waals surface area contributed by atoms with Crippen molar-refractivity contribution in [1.82, 2.24) is 0 Å². The van der Waals surface area contributed by atoms with Gasteiger partial charge in [0.1, 0.15) is 9.84 Å². The van der Waals surface area contributed by atoms with Gasteiger partial charge in [0.25, 0.3) is 0 Å². The average Bonchev–Trinajstić information content (AvgIpc) is 2.42. The molecule has 0 atom stereocenters. The third-order valence-electron chi connectivity index (χ3n) is 3.37. The topological polar surface area (TPSA) is 34.1 Å². The summed E-state index contributed by atoms with van der Waals surface area (Å²) >= 11 is 15.6. The van der Waals surface area contributed by atoms with Crippen LogP contribution < -0.4 is 0 Å². The minimum Gasteiger partial charge on any atom is -0.229 e. The smallest absolute Gasteiger partial charge is 0.150 e. The molecule has 0 amide bonds. The molecule has 0 bridgehead atoms. The van der Waals surface area contributed by atoms with Crippen LogP contribution in [0.15, 0.2) is 28.7 Å². The van der Waals surface area contributed by atoms with E-state index in [1.807, 2.05) is 31.2 Å². The predicted molar refractivity (Wildman–Crippen MR) is 90.8 cm³/mol. The van der Waals surface area contributed by atoms with Crippen LogP contribution in [0, 0.1) is 0 Å². The Kier molecular flexibility index (Phi) is 7.33. The lowest BCUT2D eigenvalue weighted by atomic mass is 9.82. The first-order valence-corrected chi connectivity index (χ1v) is 10.2. The van der Waals surface area contributed by atoms with Crippen LogP contribution in [-0.2, 0) is 15.3 Å². The summed E-state index contributed by atoms with van der Waals surface area (Å²) in [6, 6.07) is 7.73. The first-order valence-electron chi connectivity index (χ1n) is 6.47. The van der Waals surface area contributed by atoms with E-state index in [1.54, 1.807) is 0 Å². The Bertz CT molecular complexity index is 510. The van der Waals surface area contributed by atoms with Crippen LogP contribution in [0.2, 0.25) is 0 Å². The van der Waals surface area contributed by atoms with Crippen molar-refractivity contribution in [2.75, 3.05) is 23.3 Å². The monoisotopic (exact) mass is 400 g/mol. The zero-order valence-electron chi connectivity index (χ0n) is 11.4. The Balaban J connectivity index is 2.95. The molecule has 114 valence electrons. The van der Waals surface area contributed by atoms with Gasteiger partial charge in [0, 0.05) is 27.4 Å². The van der Waals surface area contributed by atoms with Gasteiger partial charge in [-0.05, 0) is 30.5 Å². The lowest BCUT2D eigenvalue weighted by Gasteiger charge is -2.30. The summed E-state index contributed by atoms with van der Waals surface area (Å²) < 4.78 is 24.8. The number of sulfone groups is 1. The predicted octanol–water partition coefficient (Wildman–Crippen LogP) is 4.38. The van der Waals surface area contributed by atoms with Crippen LogP contribution in [0.5, 0.6) is 0 Å². The highest BCUT2D eigenvalue weighted by atomic mass is 79.9. The summed E-state index contributed by atoms with van der Waals surface area (Å²) in [6.45, 7) is 1.86. The van der Waals surface area contributed by atoms with Crippen molar-refractivity contribution < 1.29 is 8.42 Å². The fourth-order valence-electron chi connectivity index (χ4n) is 2.04. The van der Waals surface area contributed by atoms with Crippen molar-refractivity contribution in [3.63, 3.8) is 0 Å². The average molecular weight is 402 g/mol. The van der Waals surface area contributed by atoms with E-state index in [9.17, 15) is 8.42 Å². The zero-order valence-corrected chi connectivity index (χ0v) is 15.3. The van der Waals surface area contributed by atoms with Crippen LogP contribution in [0.25, 0.3) is 0 Å². The zero-order chi connectivity index (χ0) is 15.2. The minimum absolute atomic E-state index is 0.121. The van der Waals surface area contributed by atoms with E-state index < -0.39 is 15.3 Å². The van der Waals surface area contributed by atoms with Gasteiger partial charge in [-0.25, -0.2) is 8.42 Å². The second kappa shape index (κ2) is 8.02. The number of halogens is 3. The third-order valence-corrected chi connectivity index (χ3v) is 6.78. The SMILES string of the molecule is CCCS(=O)(=O)CCC(CCl)(CCl)c1ccc(Br)cc1. The van der Waals surface area contributed by atoms with E-state index in [0.717, 1.165) is 10.0 Å². The molecule has 2 nitrogen and oxygen atoms in total. The summed E-state index contributed by atoms with van der Waals surface area (Å²) in [6.07, 6.45) is 1.08. The van der Waals surface area contributed by atoms with E-state index in [4.69, 9.17) is 23.2 Å². The normalized spacial score (nSPS) is 12.6. The van der Waals surface area contributed by atoms with Crippen molar-refractivity contribution >= 4 is 49.0 Å². The molecule has 0 spiro atoms. The van der Waals surface area contributed by atoms with Gasteiger partial charge in [-0.2, -0.15) is 0 Å². The van der Waals surface area contributed by atoms with Crippen LogP contribution in [0.1, 0.15) is 25.3 Å². The molecule has 0 aliphatic carbocycles. The van der Waals surface area contributed by atoms with Crippen molar-refractivity contribution in [3.8, 4) is 0 Å². The largest absolute Gasteiger partial charge is 0.229 e. The molecule has 0 heterocycles. The van der Waals surface area contributed by atoms with Crippen LogP contribution in [0.4, 0.5) is 0 Å². The van der Waals surface area contributed by atoms with Crippen molar-refractivity contribution in [1.29, 1.82) is 0 Å². The van der Waals surface area contributed by atoms with E-state index in [0.29, 0.717) is 24.6 Å². The van der Waals surface area contributed by atoms with E-state index in [1.165, 1.54) is 0 Å². The maximum Gasteiger partial charge on any atom is 0.150 e. The lowest BCUT2D eigenvalue weighted by Crippen LogP contribution is -2.33. The Morgan fingerprint density at radius 3 is 2.10 bits per heavy atom. The van der Waals surface area contributed by atoms with Crippen LogP contribution in [-0.4, -0.2) is 31.7 Å². The van der Waals surface area contributed by atoms with Gasteiger partial charge in [-0.15, -0.1) is 23.2 Å². The standard InChI is InChI=1S/C14H19BrCl2O2S/c1-2-8-20(18,19)9-7-14(10-16,11-17)12-3-5-13(15)6-4-12/h3-6H,2,7-11H2,1H3. The Morgan fingerprint density at radius 1 is 1.10 bits per heavy atom. The fourth-order valence-corrected chi connectivity index (χ4v) is 4.69. The molecule has 0 fully saturated rings. The Labute approximate surface area is 139 Å². The maximum absolute atomic E-state index is 11.9. The third kappa shape index (κ3) is 4.90. The Hall–Kier alpha value is 0.230. The molecule has 1 rings (SSSR count). The van der Waals surface area contributed by atoms with Crippen LogP contribution >= 0.6 is 39.1 Å². The molecule has 0 aliphatic rings. The van der Waals surface area contributed by atoms with Gasteiger partial charge >= 0.3 is 0 Å². The highest BCUT2D eigenvalue weighted by Gasteiger charge is 2.32. The van der Waals surface area contributed by atoms with Gasteiger partial charge in [0.05, 0.1) is 5.75 Å². The molecule has 20 heavy (non-hydrogen) atoms. The molecule has 0 aromatic heterocycles. The molecule has 6 heteroatoms. The summed E-state index contributed by atoms with van der Waals surface area (Å²) in [5.41, 5.74) is 0.488. The van der Waals surface area contributed by atoms with E-state index in [-0.39, 0.29) is 11.5 Å². The molecular formula is C14H19BrCl2O2S. The summed E-state index contributed by atoms with van der Waals surface area (Å²) in [5, 5.41) is 0. The fraction of sp³-hybridized carbons (Fsp3) is 0.571. The number of hydrogen-bond donors (Lipinski definition) is 0. The van der Waals surface area contributed by atoms with Gasteiger partial charge in [-0.3, -0.25) is 0 Å². The number of hydrogen-bond acceptors (Lipinski definition) is 2. The van der Waals surface area contributed by atoms with Gasteiger partial charge < -0.3 is 0 Å². The molecular weight excluding hydrogens is 383 g/mol. The summed E-state index contributed by atoms with van der Waals surface area (Å²) in [5.74, 6) is 0.948. The van der Waals surface area contributed by atoms with Crippen molar-refractivity contribution in [3.05, 3.63) is 34.3 Å². The molecule has 0 saturated carbocycles. The van der Waals surface area contributed by atoms with Crippen molar-refractivity contribution in [2.24, 2.45) is 0 Å². The maximum atomic E-state index is 11.9. The lowest BCUT2D eigenvalue weighted by molar-refractivity contribution is 0.511. The van der Waals surface area contributed by atoms with Gasteiger partial charge in [0.2, 0.25) is 0 Å². The quantitative estimate of drug-likeness (QED) is 0.605. The second-order valence-electron chi connectivity index (χ2n) is 4.96. The number of alkyl halides is 2. The highest BCUT2D eigenvalue weighted by Crippen LogP contribution is 2.32. The highest BCUT2D eigenvalue weighted by molar-refractivity contribution is 9.10. The van der Waals surface area contributed by atoms with E-state index >= 15 is 0 Å². The first-order chi connectivity index (χ1) is 9.39. The van der Waals surface area contributed by atoms with Gasteiger partial charge in [0.15, 0.2) is 0 Å². The molecule has 0 saturated heterocycles. The first kappa shape index (κ1) is 18.3. The Morgan fingerprint density at radius 2 is 1.65 bits per heavy atom. The summed E-state index contributed by atoms with van der Waals surface area (Å²) in [7, 11) is -3.03. The minimum atomic E-state index is -3.03. The molecule has 1 aromatic rings. The molecule has 1 aromatic carbocycles. The van der Waals surface area contributed by atoms with E-state index in [2.05, 4.69) is 15.9 Å².